The van der Waals surface area contributed by atoms with Crippen molar-refractivity contribution in [1.29, 1.82) is 0 Å². The highest BCUT2D eigenvalue weighted by atomic mass is 16.5. The number of piperidine rings is 1. The standard InChI is InChI=1S/C23H36N2O4/c1-4-5-6-7-15-24-23(27)19-11-9-16-25(17-19)21(26)14-13-18-10-8-12-20(28-2)22(18)29-3/h8,10,12,19H,4-7,9,11,13-17H2,1-3H3,(H,24,27). The second kappa shape index (κ2) is 12.3. The number of hydrogen-bond acceptors (Lipinski definition) is 4. The number of methoxy groups -OCH3 is 2. The first kappa shape index (κ1) is 23.0. The highest BCUT2D eigenvalue weighted by Crippen LogP contribution is 2.31. The van der Waals surface area contributed by atoms with Gasteiger partial charge < -0.3 is 19.7 Å². The molecule has 1 saturated heterocycles. The fraction of sp³-hybridized carbons (Fsp3) is 0.652. The van der Waals surface area contributed by atoms with E-state index in [1.165, 1.54) is 12.8 Å². The summed E-state index contributed by atoms with van der Waals surface area (Å²) < 4.78 is 10.8. The molecule has 1 aromatic carbocycles. The fourth-order valence-electron chi connectivity index (χ4n) is 3.88. The molecular weight excluding hydrogens is 368 g/mol. The summed E-state index contributed by atoms with van der Waals surface area (Å²) in [6.45, 7) is 4.17. The second-order valence-corrected chi connectivity index (χ2v) is 7.68. The normalized spacial score (nSPS) is 16.4. The maximum absolute atomic E-state index is 12.7. The molecule has 2 amide bonds. The highest BCUT2D eigenvalue weighted by molar-refractivity contribution is 5.81. The van der Waals surface area contributed by atoms with E-state index < -0.39 is 0 Å². The van der Waals surface area contributed by atoms with Crippen LogP contribution < -0.4 is 14.8 Å². The first-order valence-electron chi connectivity index (χ1n) is 10.9. The summed E-state index contributed by atoms with van der Waals surface area (Å²) in [4.78, 5) is 27.0. The number of benzene rings is 1. The molecule has 2 rings (SSSR count). The molecule has 29 heavy (non-hydrogen) atoms. The predicted octanol–water partition coefficient (Wildman–Crippen LogP) is 3.57. The van der Waals surface area contributed by atoms with Crippen LogP contribution in [0.15, 0.2) is 18.2 Å². The zero-order valence-corrected chi connectivity index (χ0v) is 18.2. The van der Waals surface area contributed by atoms with Gasteiger partial charge in [0.1, 0.15) is 0 Å². The number of nitrogens with one attached hydrogen (secondary N) is 1. The average molecular weight is 405 g/mol. The predicted molar refractivity (Wildman–Crippen MR) is 114 cm³/mol. The van der Waals surface area contributed by atoms with Crippen LogP contribution in [-0.2, 0) is 16.0 Å². The third kappa shape index (κ3) is 6.94. The third-order valence-electron chi connectivity index (χ3n) is 5.57. The van der Waals surface area contributed by atoms with Crippen molar-refractivity contribution < 1.29 is 19.1 Å². The molecule has 1 aromatic rings. The van der Waals surface area contributed by atoms with E-state index in [9.17, 15) is 9.59 Å². The molecule has 1 N–H and O–H groups in total. The molecule has 0 aliphatic carbocycles. The number of para-hydroxylation sites is 1. The molecule has 6 nitrogen and oxygen atoms in total. The molecule has 1 unspecified atom stereocenters. The smallest absolute Gasteiger partial charge is 0.224 e. The van der Waals surface area contributed by atoms with Gasteiger partial charge in [-0.3, -0.25) is 9.59 Å². The van der Waals surface area contributed by atoms with E-state index in [2.05, 4.69) is 12.2 Å². The van der Waals surface area contributed by atoms with Gasteiger partial charge in [0.2, 0.25) is 11.8 Å². The van der Waals surface area contributed by atoms with Crippen molar-refractivity contribution in [3.63, 3.8) is 0 Å². The Morgan fingerprint density at radius 1 is 1.17 bits per heavy atom. The zero-order valence-electron chi connectivity index (χ0n) is 18.2. The molecular formula is C23H36N2O4. The molecule has 0 radical (unpaired) electrons. The summed E-state index contributed by atoms with van der Waals surface area (Å²) in [5.41, 5.74) is 0.957. The van der Waals surface area contributed by atoms with Crippen molar-refractivity contribution >= 4 is 11.8 Å². The minimum Gasteiger partial charge on any atom is -0.493 e. The number of carbonyl (C=O) groups is 2. The van der Waals surface area contributed by atoms with E-state index in [1.54, 1.807) is 14.2 Å². The van der Waals surface area contributed by atoms with Crippen molar-refractivity contribution in [1.82, 2.24) is 10.2 Å². The molecule has 1 aliphatic heterocycles. The molecule has 0 bridgehead atoms. The minimum atomic E-state index is -0.0924. The lowest BCUT2D eigenvalue weighted by Gasteiger charge is -2.32. The Labute approximate surface area is 174 Å². The minimum absolute atomic E-state index is 0.0912. The van der Waals surface area contributed by atoms with Crippen LogP contribution >= 0.6 is 0 Å². The summed E-state index contributed by atoms with van der Waals surface area (Å²) in [5, 5.41) is 3.05. The van der Waals surface area contributed by atoms with Crippen molar-refractivity contribution in [3.05, 3.63) is 23.8 Å². The number of aryl methyl sites for hydroxylation is 1. The van der Waals surface area contributed by atoms with Crippen LogP contribution in [0.3, 0.4) is 0 Å². The van der Waals surface area contributed by atoms with Gasteiger partial charge in [0.25, 0.3) is 0 Å². The van der Waals surface area contributed by atoms with Gasteiger partial charge in [-0.2, -0.15) is 0 Å². The summed E-state index contributed by atoms with van der Waals surface area (Å²) >= 11 is 0. The van der Waals surface area contributed by atoms with Crippen LogP contribution in [-0.4, -0.2) is 50.6 Å². The van der Waals surface area contributed by atoms with Gasteiger partial charge in [0.15, 0.2) is 11.5 Å². The Hall–Kier alpha value is -2.24. The van der Waals surface area contributed by atoms with E-state index >= 15 is 0 Å². The lowest BCUT2D eigenvalue weighted by Crippen LogP contribution is -2.45. The molecule has 0 aromatic heterocycles. The van der Waals surface area contributed by atoms with Crippen LogP contribution in [0, 0.1) is 5.92 Å². The second-order valence-electron chi connectivity index (χ2n) is 7.68. The maximum atomic E-state index is 12.7. The van der Waals surface area contributed by atoms with Crippen molar-refractivity contribution in [3.8, 4) is 11.5 Å². The van der Waals surface area contributed by atoms with Gasteiger partial charge in [-0.25, -0.2) is 0 Å². The Balaban J connectivity index is 1.83. The Kier molecular flexibility index (Phi) is 9.81. The van der Waals surface area contributed by atoms with Crippen LogP contribution in [0.2, 0.25) is 0 Å². The van der Waals surface area contributed by atoms with E-state index in [4.69, 9.17) is 9.47 Å². The van der Waals surface area contributed by atoms with Gasteiger partial charge in [0.05, 0.1) is 20.1 Å². The molecule has 0 spiro atoms. The lowest BCUT2D eigenvalue weighted by molar-refractivity contribution is -0.135. The van der Waals surface area contributed by atoms with E-state index in [0.29, 0.717) is 30.9 Å². The van der Waals surface area contributed by atoms with Crippen molar-refractivity contribution in [2.24, 2.45) is 5.92 Å². The fourth-order valence-corrected chi connectivity index (χ4v) is 3.88. The van der Waals surface area contributed by atoms with E-state index in [0.717, 1.165) is 44.3 Å². The van der Waals surface area contributed by atoms with Crippen molar-refractivity contribution in [2.75, 3.05) is 33.9 Å². The number of unbranched alkanes of at least 4 members (excludes halogenated alkanes) is 3. The highest BCUT2D eigenvalue weighted by Gasteiger charge is 2.28. The van der Waals surface area contributed by atoms with Crippen LogP contribution in [0.1, 0.15) is 57.4 Å². The number of rotatable bonds is 11. The quantitative estimate of drug-likeness (QED) is 0.573. The summed E-state index contributed by atoms with van der Waals surface area (Å²) in [6.07, 6.45) is 7.29. The SMILES string of the molecule is CCCCCCNC(=O)C1CCCN(C(=O)CCc2cccc(OC)c2OC)C1. The largest absolute Gasteiger partial charge is 0.493 e. The van der Waals surface area contributed by atoms with Gasteiger partial charge >= 0.3 is 0 Å². The van der Waals surface area contributed by atoms with Crippen LogP contribution in [0.25, 0.3) is 0 Å². The maximum Gasteiger partial charge on any atom is 0.224 e. The molecule has 1 heterocycles. The molecule has 162 valence electrons. The molecule has 1 atom stereocenters. The van der Waals surface area contributed by atoms with Crippen molar-refractivity contribution in [2.45, 2.75) is 58.3 Å². The number of ether oxygens (including phenoxy) is 2. The Morgan fingerprint density at radius 3 is 2.72 bits per heavy atom. The third-order valence-corrected chi connectivity index (χ3v) is 5.57. The topological polar surface area (TPSA) is 67.9 Å². The number of nitrogens with zero attached hydrogens (tertiary/aromatic N) is 1. The first-order chi connectivity index (χ1) is 14.1. The number of hydrogen-bond donors (Lipinski definition) is 1. The summed E-state index contributed by atoms with van der Waals surface area (Å²) in [7, 11) is 3.22. The number of likely N-dealkylation sites (tertiary alicyclic amines) is 1. The number of amides is 2. The molecule has 1 aliphatic rings. The lowest BCUT2D eigenvalue weighted by atomic mass is 9.96. The van der Waals surface area contributed by atoms with Gasteiger partial charge in [0, 0.05) is 26.1 Å². The van der Waals surface area contributed by atoms with Gasteiger partial charge in [-0.15, -0.1) is 0 Å². The van der Waals surface area contributed by atoms with Gasteiger partial charge in [-0.05, 0) is 37.3 Å². The Bertz CT molecular complexity index is 662. The monoisotopic (exact) mass is 404 g/mol. The molecule has 6 heteroatoms. The number of carbonyl (C=O) groups excluding carboxylic acids is 2. The first-order valence-corrected chi connectivity index (χ1v) is 10.9. The molecule has 0 saturated carbocycles. The van der Waals surface area contributed by atoms with E-state index in [-0.39, 0.29) is 17.7 Å². The van der Waals surface area contributed by atoms with Gasteiger partial charge in [-0.1, -0.05) is 38.3 Å². The molecule has 1 fully saturated rings. The zero-order chi connectivity index (χ0) is 21.1. The summed E-state index contributed by atoms with van der Waals surface area (Å²) in [5.74, 6) is 1.45. The average Bonchev–Trinajstić information content (AvgIpc) is 2.76. The van der Waals surface area contributed by atoms with Crippen LogP contribution in [0.5, 0.6) is 11.5 Å². The summed E-state index contributed by atoms with van der Waals surface area (Å²) in [6, 6.07) is 5.71. The van der Waals surface area contributed by atoms with Crippen LogP contribution in [0.4, 0.5) is 0 Å². The Morgan fingerprint density at radius 2 is 2.00 bits per heavy atom. The van der Waals surface area contributed by atoms with E-state index in [1.807, 2.05) is 23.1 Å².